The van der Waals surface area contributed by atoms with Crippen LogP contribution in [0, 0.1) is 5.92 Å². The van der Waals surface area contributed by atoms with Crippen molar-refractivity contribution in [2.45, 2.75) is 18.2 Å². The zero-order chi connectivity index (χ0) is 9.84. The minimum Gasteiger partial charge on any atom is -0.388 e. The van der Waals surface area contributed by atoms with Gasteiger partial charge in [0.2, 0.25) is 0 Å². The summed E-state index contributed by atoms with van der Waals surface area (Å²) in [5.41, 5.74) is 5.64. The van der Waals surface area contributed by atoms with E-state index in [2.05, 4.69) is 0 Å². The molecule has 3 N–H and O–H groups in total. The molecule has 0 bridgehead atoms. The second-order valence-electron chi connectivity index (χ2n) is 3.27. The summed E-state index contributed by atoms with van der Waals surface area (Å²) >= 11 is 0. The van der Waals surface area contributed by atoms with Gasteiger partial charge in [-0.25, -0.2) is 0 Å². The number of rotatable bonds is 3. The van der Waals surface area contributed by atoms with Crippen molar-refractivity contribution in [2.24, 2.45) is 11.7 Å². The van der Waals surface area contributed by atoms with Crippen LogP contribution in [0.1, 0.15) is 0 Å². The van der Waals surface area contributed by atoms with Crippen LogP contribution in [0.4, 0.5) is 0 Å². The number of aliphatic hydroxyl groups excluding tert-OH is 1. The van der Waals surface area contributed by atoms with Gasteiger partial charge in [0.15, 0.2) is 0 Å². The van der Waals surface area contributed by atoms with Crippen molar-refractivity contribution < 1.29 is 14.6 Å². The molecule has 0 heterocycles. The Balaban J connectivity index is 2.67. The summed E-state index contributed by atoms with van der Waals surface area (Å²) in [6, 6.07) is -0.335. The third-order valence-electron chi connectivity index (χ3n) is 2.36. The Kier molecular flexibility index (Phi) is 3.87. The summed E-state index contributed by atoms with van der Waals surface area (Å²) in [5, 5.41) is 9.68. The maximum atomic E-state index is 9.68. The topological polar surface area (TPSA) is 64.7 Å². The van der Waals surface area contributed by atoms with Crippen LogP contribution in [0.25, 0.3) is 0 Å². The van der Waals surface area contributed by atoms with Gasteiger partial charge in [-0.2, -0.15) is 0 Å². The van der Waals surface area contributed by atoms with Gasteiger partial charge in [0.05, 0.1) is 24.9 Å². The lowest BCUT2D eigenvalue weighted by molar-refractivity contribution is -0.0592. The lowest BCUT2D eigenvalue weighted by Gasteiger charge is -2.33. The summed E-state index contributed by atoms with van der Waals surface area (Å²) < 4.78 is 10.2. The highest BCUT2D eigenvalue weighted by atomic mass is 16.5. The van der Waals surface area contributed by atoms with Crippen LogP contribution in [0.5, 0.6) is 0 Å². The van der Waals surface area contributed by atoms with Crippen molar-refractivity contribution in [1.29, 1.82) is 0 Å². The van der Waals surface area contributed by atoms with E-state index in [1.807, 2.05) is 6.08 Å². The number of aliphatic hydroxyl groups is 1. The van der Waals surface area contributed by atoms with Gasteiger partial charge < -0.3 is 20.3 Å². The largest absolute Gasteiger partial charge is 0.388 e. The summed E-state index contributed by atoms with van der Waals surface area (Å²) in [4.78, 5) is 0. The lowest BCUT2D eigenvalue weighted by atomic mass is 9.88. The minimum atomic E-state index is -0.643. The molecule has 0 spiro atoms. The molecule has 13 heavy (non-hydrogen) atoms. The number of hydrogen-bond donors (Lipinski definition) is 2. The van der Waals surface area contributed by atoms with Gasteiger partial charge in [-0.1, -0.05) is 12.2 Å². The molecule has 1 rings (SSSR count). The van der Waals surface area contributed by atoms with Crippen LogP contribution in [-0.2, 0) is 9.47 Å². The van der Waals surface area contributed by atoms with E-state index in [1.165, 1.54) is 0 Å². The third kappa shape index (κ3) is 2.28. The van der Waals surface area contributed by atoms with E-state index in [0.29, 0.717) is 6.61 Å². The predicted octanol–water partition coefficient (Wildman–Crippen LogP) is -0.478. The van der Waals surface area contributed by atoms with Gasteiger partial charge >= 0.3 is 0 Å². The molecule has 4 atom stereocenters. The summed E-state index contributed by atoms with van der Waals surface area (Å²) in [7, 11) is 3.20. The van der Waals surface area contributed by atoms with E-state index in [-0.39, 0.29) is 18.1 Å². The molecule has 0 aromatic carbocycles. The van der Waals surface area contributed by atoms with E-state index in [0.717, 1.165) is 0 Å². The summed E-state index contributed by atoms with van der Waals surface area (Å²) in [5.74, 6) is 0.0878. The Morgan fingerprint density at radius 3 is 2.62 bits per heavy atom. The van der Waals surface area contributed by atoms with Crippen LogP contribution < -0.4 is 5.73 Å². The van der Waals surface area contributed by atoms with Crippen molar-refractivity contribution in [2.75, 3.05) is 20.8 Å². The molecule has 0 aromatic heterocycles. The number of ether oxygens (including phenoxy) is 2. The van der Waals surface area contributed by atoms with E-state index in [4.69, 9.17) is 15.2 Å². The van der Waals surface area contributed by atoms with Crippen molar-refractivity contribution in [3.63, 3.8) is 0 Å². The van der Waals surface area contributed by atoms with Gasteiger partial charge in [0, 0.05) is 20.1 Å². The first-order valence-electron chi connectivity index (χ1n) is 4.34. The van der Waals surface area contributed by atoms with E-state index in [1.54, 1.807) is 20.3 Å². The molecular formula is C9H17NO3. The number of hydrogen-bond acceptors (Lipinski definition) is 4. The second-order valence-corrected chi connectivity index (χ2v) is 3.27. The Bertz CT molecular complexity index is 184. The fourth-order valence-corrected chi connectivity index (χ4v) is 1.62. The third-order valence-corrected chi connectivity index (χ3v) is 2.36. The molecule has 0 saturated heterocycles. The van der Waals surface area contributed by atoms with E-state index in [9.17, 15) is 5.11 Å². The van der Waals surface area contributed by atoms with Gasteiger partial charge in [-0.3, -0.25) is 0 Å². The Hall–Kier alpha value is -0.420. The molecule has 4 nitrogen and oxygen atoms in total. The normalized spacial score (nSPS) is 39.4. The monoisotopic (exact) mass is 187 g/mol. The van der Waals surface area contributed by atoms with Crippen LogP contribution in [0.3, 0.4) is 0 Å². The molecule has 4 heteroatoms. The van der Waals surface area contributed by atoms with E-state index >= 15 is 0 Å². The maximum Gasteiger partial charge on any atom is 0.0994 e. The molecule has 0 amide bonds. The smallest absolute Gasteiger partial charge is 0.0994 e. The first kappa shape index (κ1) is 10.7. The highest BCUT2D eigenvalue weighted by Crippen LogP contribution is 2.20. The molecule has 0 radical (unpaired) electrons. The van der Waals surface area contributed by atoms with Crippen molar-refractivity contribution in [3.05, 3.63) is 12.2 Å². The quantitative estimate of drug-likeness (QED) is 0.586. The molecule has 76 valence electrons. The zero-order valence-corrected chi connectivity index (χ0v) is 8.01. The highest BCUT2D eigenvalue weighted by molar-refractivity contribution is 5.09. The molecular weight excluding hydrogens is 170 g/mol. The van der Waals surface area contributed by atoms with Crippen LogP contribution in [0.15, 0.2) is 12.2 Å². The van der Waals surface area contributed by atoms with Gasteiger partial charge in [0.1, 0.15) is 0 Å². The second kappa shape index (κ2) is 4.72. The maximum absolute atomic E-state index is 9.68. The Morgan fingerprint density at radius 1 is 1.38 bits per heavy atom. The van der Waals surface area contributed by atoms with Gasteiger partial charge in [-0.05, 0) is 0 Å². The number of methoxy groups -OCH3 is 2. The Morgan fingerprint density at radius 2 is 2.08 bits per heavy atom. The average Bonchev–Trinajstić information content (AvgIpc) is 2.12. The Labute approximate surface area is 78.3 Å². The lowest BCUT2D eigenvalue weighted by Crippen LogP contribution is -2.49. The van der Waals surface area contributed by atoms with E-state index < -0.39 is 6.10 Å². The first-order valence-corrected chi connectivity index (χ1v) is 4.34. The molecule has 1 aliphatic rings. The zero-order valence-electron chi connectivity index (χ0n) is 8.01. The molecule has 4 unspecified atom stereocenters. The van der Waals surface area contributed by atoms with Crippen molar-refractivity contribution in [3.8, 4) is 0 Å². The molecule has 0 aliphatic heterocycles. The fraction of sp³-hybridized carbons (Fsp3) is 0.778. The standard InChI is InChI=1S/C9H17NO3/c1-12-5-6-3-4-7(10)8(11)9(6)13-2/h3-4,6-9,11H,5,10H2,1-2H3. The average molecular weight is 187 g/mol. The summed E-state index contributed by atoms with van der Waals surface area (Å²) in [6.45, 7) is 0.540. The summed E-state index contributed by atoms with van der Waals surface area (Å²) in [6.07, 6.45) is 2.83. The number of nitrogens with two attached hydrogens (primary N) is 1. The van der Waals surface area contributed by atoms with Gasteiger partial charge in [-0.15, -0.1) is 0 Å². The predicted molar refractivity (Wildman–Crippen MR) is 49.3 cm³/mol. The van der Waals surface area contributed by atoms with Crippen LogP contribution in [0.2, 0.25) is 0 Å². The molecule has 0 fully saturated rings. The van der Waals surface area contributed by atoms with Crippen LogP contribution in [-0.4, -0.2) is 44.2 Å². The van der Waals surface area contributed by atoms with Crippen molar-refractivity contribution >= 4 is 0 Å². The highest BCUT2D eigenvalue weighted by Gasteiger charge is 2.33. The SMILES string of the molecule is COCC1C=CC(N)C(O)C1OC. The minimum absolute atomic E-state index is 0.0878. The fourth-order valence-electron chi connectivity index (χ4n) is 1.62. The molecule has 0 saturated carbocycles. The first-order chi connectivity index (χ1) is 6.20. The van der Waals surface area contributed by atoms with Crippen molar-refractivity contribution in [1.82, 2.24) is 0 Å². The van der Waals surface area contributed by atoms with Crippen LogP contribution >= 0.6 is 0 Å². The molecule has 1 aliphatic carbocycles. The van der Waals surface area contributed by atoms with Gasteiger partial charge in [0.25, 0.3) is 0 Å². The molecule has 0 aromatic rings.